The SMILES string of the molecule is CC(=O)c1ccc(C#N)c(N2CCN(c3ccc(Br)cn3)CC2)c1. The van der Waals surface area contributed by atoms with E-state index in [1.54, 1.807) is 25.3 Å². The lowest BCUT2D eigenvalue weighted by molar-refractivity contribution is 0.101. The van der Waals surface area contributed by atoms with Crippen LogP contribution in [-0.2, 0) is 0 Å². The molecule has 6 heteroatoms. The van der Waals surface area contributed by atoms with Crippen LogP contribution in [0.2, 0.25) is 0 Å². The third-order valence-electron chi connectivity index (χ3n) is 4.18. The van der Waals surface area contributed by atoms with Crippen molar-refractivity contribution in [1.82, 2.24) is 4.98 Å². The molecule has 0 N–H and O–H groups in total. The molecule has 0 unspecified atom stereocenters. The zero-order chi connectivity index (χ0) is 17.1. The number of aromatic nitrogens is 1. The Kier molecular flexibility index (Phi) is 4.81. The maximum absolute atomic E-state index is 11.6. The van der Waals surface area contributed by atoms with Gasteiger partial charge < -0.3 is 9.80 Å². The zero-order valence-electron chi connectivity index (χ0n) is 13.4. The van der Waals surface area contributed by atoms with E-state index >= 15 is 0 Å². The normalized spacial score (nSPS) is 14.4. The summed E-state index contributed by atoms with van der Waals surface area (Å²) in [6.45, 7) is 4.76. The number of hydrogen-bond acceptors (Lipinski definition) is 5. The number of hydrogen-bond donors (Lipinski definition) is 0. The number of anilines is 2. The van der Waals surface area contributed by atoms with Crippen LogP contribution in [0.1, 0.15) is 22.8 Å². The molecule has 0 atom stereocenters. The lowest BCUT2D eigenvalue weighted by Gasteiger charge is -2.37. The first-order valence-corrected chi connectivity index (χ1v) is 8.54. The molecule has 3 rings (SSSR count). The van der Waals surface area contributed by atoms with Gasteiger partial charge in [0.1, 0.15) is 11.9 Å². The maximum Gasteiger partial charge on any atom is 0.159 e. The summed E-state index contributed by atoms with van der Waals surface area (Å²) < 4.78 is 0.963. The number of nitriles is 1. The van der Waals surface area contributed by atoms with Crippen LogP contribution in [0.4, 0.5) is 11.5 Å². The number of benzene rings is 1. The summed E-state index contributed by atoms with van der Waals surface area (Å²) in [4.78, 5) is 20.5. The van der Waals surface area contributed by atoms with Gasteiger partial charge in [-0.1, -0.05) is 0 Å². The first-order chi connectivity index (χ1) is 11.6. The number of piperazine rings is 1. The van der Waals surface area contributed by atoms with E-state index in [1.165, 1.54) is 0 Å². The topological polar surface area (TPSA) is 60.2 Å². The molecule has 2 heterocycles. The number of ketones is 1. The molecule has 0 aliphatic carbocycles. The predicted octanol–water partition coefficient (Wildman–Crippen LogP) is 3.24. The second-order valence-corrected chi connectivity index (χ2v) is 6.62. The van der Waals surface area contributed by atoms with Gasteiger partial charge in [-0.2, -0.15) is 5.26 Å². The molecule has 0 amide bonds. The Morgan fingerprint density at radius 3 is 2.46 bits per heavy atom. The largest absolute Gasteiger partial charge is 0.367 e. The smallest absolute Gasteiger partial charge is 0.159 e. The fraction of sp³-hybridized carbons (Fsp3) is 0.278. The molecule has 1 aromatic carbocycles. The van der Waals surface area contributed by atoms with Crippen LogP contribution >= 0.6 is 15.9 Å². The lowest BCUT2D eigenvalue weighted by Crippen LogP contribution is -2.47. The average molecular weight is 385 g/mol. The monoisotopic (exact) mass is 384 g/mol. The number of carbonyl (C=O) groups excluding carboxylic acids is 1. The van der Waals surface area contributed by atoms with Crippen molar-refractivity contribution < 1.29 is 4.79 Å². The Morgan fingerprint density at radius 1 is 1.17 bits per heavy atom. The molecular formula is C18H17BrN4O. The van der Waals surface area contributed by atoms with Gasteiger partial charge in [-0.3, -0.25) is 4.79 Å². The van der Waals surface area contributed by atoms with E-state index in [-0.39, 0.29) is 5.78 Å². The minimum absolute atomic E-state index is 0.0124. The highest BCUT2D eigenvalue weighted by atomic mass is 79.9. The van der Waals surface area contributed by atoms with Crippen molar-refractivity contribution in [3.63, 3.8) is 0 Å². The molecular weight excluding hydrogens is 368 g/mol. The Balaban J connectivity index is 1.77. The number of pyridine rings is 1. The van der Waals surface area contributed by atoms with Gasteiger partial charge >= 0.3 is 0 Å². The van der Waals surface area contributed by atoms with E-state index < -0.39 is 0 Å². The van der Waals surface area contributed by atoms with Gasteiger partial charge in [0.05, 0.1) is 11.3 Å². The van der Waals surface area contributed by atoms with E-state index in [0.29, 0.717) is 11.1 Å². The fourth-order valence-electron chi connectivity index (χ4n) is 2.84. The molecule has 1 aliphatic rings. The standard InChI is InChI=1S/C18H17BrN4O/c1-13(24)14-2-3-15(11-20)17(10-14)22-6-8-23(9-7-22)18-5-4-16(19)12-21-18/h2-5,10,12H,6-9H2,1H3. The first-order valence-electron chi connectivity index (χ1n) is 7.75. The van der Waals surface area contributed by atoms with Crippen molar-refractivity contribution in [2.75, 3.05) is 36.0 Å². The summed E-state index contributed by atoms with van der Waals surface area (Å²) in [6, 6.07) is 11.5. The van der Waals surface area contributed by atoms with E-state index in [1.807, 2.05) is 18.2 Å². The van der Waals surface area contributed by atoms with Gasteiger partial charge in [0.25, 0.3) is 0 Å². The highest BCUT2D eigenvalue weighted by Gasteiger charge is 2.21. The lowest BCUT2D eigenvalue weighted by atomic mass is 10.1. The van der Waals surface area contributed by atoms with E-state index in [2.05, 4.69) is 36.8 Å². The van der Waals surface area contributed by atoms with Gasteiger partial charge in [0, 0.05) is 42.4 Å². The van der Waals surface area contributed by atoms with E-state index in [0.717, 1.165) is 42.2 Å². The predicted molar refractivity (Wildman–Crippen MR) is 97.5 cm³/mol. The number of rotatable bonds is 3. The fourth-order valence-corrected chi connectivity index (χ4v) is 3.07. The second kappa shape index (κ2) is 7.02. The molecule has 122 valence electrons. The number of carbonyl (C=O) groups is 1. The van der Waals surface area contributed by atoms with Gasteiger partial charge in [0.2, 0.25) is 0 Å². The molecule has 5 nitrogen and oxygen atoms in total. The van der Waals surface area contributed by atoms with Crippen LogP contribution < -0.4 is 9.80 Å². The molecule has 0 bridgehead atoms. The maximum atomic E-state index is 11.6. The van der Waals surface area contributed by atoms with Crippen molar-refractivity contribution in [3.8, 4) is 6.07 Å². The average Bonchev–Trinajstić information content (AvgIpc) is 2.62. The highest BCUT2D eigenvalue weighted by molar-refractivity contribution is 9.10. The molecule has 1 aliphatic heterocycles. The summed E-state index contributed by atoms with van der Waals surface area (Å²) in [7, 11) is 0. The Morgan fingerprint density at radius 2 is 1.88 bits per heavy atom. The van der Waals surface area contributed by atoms with Crippen molar-refractivity contribution in [2.45, 2.75) is 6.92 Å². The van der Waals surface area contributed by atoms with E-state index in [4.69, 9.17) is 0 Å². The zero-order valence-corrected chi connectivity index (χ0v) is 15.0. The van der Waals surface area contributed by atoms with Gasteiger partial charge in [-0.15, -0.1) is 0 Å². The number of nitrogens with zero attached hydrogens (tertiary/aromatic N) is 4. The molecule has 24 heavy (non-hydrogen) atoms. The summed E-state index contributed by atoms with van der Waals surface area (Å²) in [6.07, 6.45) is 1.80. The Labute approximate surface area is 149 Å². The van der Waals surface area contributed by atoms with Crippen LogP contribution in [-0.4, -0.2) is 36.9 Å². The minimum atomic E-state index is 0.0124. The molecule has 2 aromatic rings. The van der Waals surface area contributed by atoms with Crippen LogP contribution in [0.5, 0.6) is 0 Å². The molecule has 1 aromatic heterocycles. The second-order valence-electron chi connectivity index (χ2n) is 5.71. The number of halogens is 1. The van der Waals surface area contributed by atoms with Gasteiger partial charge in [-0.05, 0) is 53.2 Å². The third kappa shape index (κ3) is 3.41. The van der Waals surface area contributed by atoms with Gasteiger partial charge in [0.15, 0.2) is 5.78 Å². The van der Waals surface area contributed by atoms with Crippen molar-refractivity contribution in [2.24, 2.45) is 0 Å². The molecule has 0 spiro atoms. The minimum Gasteiger partial charge on any atom is -0.367 e. The summed E-state index contributed by atoms with van der Waals surface area (Å²) in [5.74, 6) is 0.967. The van der Waals surface area contributed by atoms with Crippen molar-refractivity contribution in [1.29, 1.82) is 5.26 Å². The molecule has 1 saturated heterocycles. The van der Waals surface area contributed by atoms with Crippen molar-refractivity contribution >= 4 is 33.2 Å². The van der Waals surface area contributed by atoms with E-state index in [9.17, 15) is 10.1 Å². The highest BCUT2D eigenvalue weighted by Crippen LogP contribution is 2.25. The van der Waals surface area contributed by atoms with Crippen LogP contribution in [0.15, 0.2) is 41.0 Å². The molecule has 0 saturated carbocycles. The molecule has 0 radical (unpaired) electrons. The Hall–Kier alpha value is -2.39. The number of Topliss-reactive ketones (excluding diaryl/α,β-unsaturated/α-hetero) is 1. The molecule has 1 fully saturated rings. The summed E-state index contributed by atoms with van der Waals surface area (Å²) >= 11 is 3.40. The van der Waals surface area contributed by atoms with Gasteiger partial charge in [-0.25, -0.2) is 4.98 Å². The summed E-state index contributed by atoms with van der Waals surface area (Å²) in [5, 5.41) is 9.35. The first kappa shape index (κ1) is 16.5. The quantitative estimate of drug-likeness (QED) is 0.760. The van der Waals surface area contributed by atoms with Crippen LogP contribution in [0, 0.1) is 11.3 Å². The van der Waals surface area contributed by atoms with Crippen LogP contribution in [0.25, 0.3) is 0 Å². The van der Waals surface area contributed by atoms with Crippen LogP contribution in [0.3, 0.4) is 0 Å². The summed E-state index contributed by atoms with van der Waals surface area (Å²) in [5.41, 5.74) is 2.09. The Bertz CT molecular complexity index is 790. The van der Waals surface area contributed by atoms with Crippen molar-refractivity contribution in [3.05, 3.63) is 52.1 Å². The third-order valence-corrected chi connectivity index (χ3v) is 4.65.